The fourth-order valence-electron chi connectivity index (χ4n) is 2.83. The smallest absolute Gasteiger partial charge is 0.234 e. The van der Waals surface area contributed by atoms with Crippen LogP contribution >= 0.6 is 11.8 Å². The number of anilines is 1. The molecule has 138 valence electrons. The van der Waals surface area contributed by atoms with Crippen LogP contribution in [-0.2, 0) is 4.79 Å². The zero-order chi connectivity index (χ0) is 18.6. The van der Waals surface area contributed by atoms with Crippen molar-refractivity contribution < 1.29 is 9.53 Å². The van der Waals surface area contributed by atoms with E-state index >= 15 is 0 Å². The Bertz CT molecular complexity index is 955. The van der Waals surface area contributed by atoms with E-state index < -0.39 is 0 Å². The highest BCUT2D eigenvalue weighted by Crippen LogP contribution is 2.39. The van der Waals surface area contributed by atoms with Gasteiger partial charge in [0.1, 0.15) is 16.6 Å². The lowest BCUT2D eigenvalue weighted by atomic mass is 10.2. The molecule has 27 heavy (non-hydrogen) atoms. The minimum Gasteiger partial charge on any atom is -0.494 e. The first-order valence-corrected chi connectivity index (χ1v) is 10.1. The lowest BCUT2D eigenvalue weighted by molar-refractivity contribution is -0.113. The molecule has 5 nitrogen and oxygen atoms in total. The van der Waals surface area contributed by atoms with Gasteiger partial charge in [0.15, 0.2) is 0 Å². The number of nitrogens with zero attached hydrogens (tertiary/aromatic N) is 2. The van der Waals surface area contributed by atoms with Gasteiger partial charge < -0.3 is 10.1 Å². The van der Waals surface area contributed by atoms with Gasteiger partial charge in [-0.05, 0) is 50.1 Å². The first kappa shape index (κ1) is 17.8. The molecule has 2 aromatic carbocycles. The molecule has 0 spiro atoms. The molecule has 6 heteroatoms. The molecule has 0 bridgehead atoms. The van der Waals surface area contributed by atoms with Crippen molar-refractivity contribution in [1.82, 2.24) is 9.97 Å². The van der Waals surface area contributed by atoms with Gasteiger partial charge in [-0.1, -0.05) is 30.0 Å². The first-order chi connectivity index (χ1) is 13.2. The topological polar surface area (TPSA) is 64.1 Å². The average molecular weight is 379 g/mol. The number of amides is 1. The third-order valence-electron chi connectivity index (χ3n) is 4.32. The molecule has 1 N–H and O–H groups in total. The number of benzene rings is 2. The normalized spacial score (nSPS) is 13.5. The number of para-hydroxylation sites is 1. The summed E-state index contributed by atoms with van der Waals surface area (Å²) >= 11 is 1.46. The quantitative estimate of drug-likeness (QED) is 0.479. The molecule has 0 aliphatic heterocycles. The lowest BCUT2D eigenvalue weighted by Gasteiger charge is -2.09. The van der Waals surface area contributed by atoms with Crippen molar-refractivity contribution in [2.75, 3.05) is 17.7 Å². The fraction of sp³-hybridized carbons (Fsp3) is 0.286. The van der Waals surface area contributed by atoms with Crippen LogP contribution in [0.1, 0.15) is 31.5 Å². The molecule has 0 radical (unpaired) electrons. The van der Waals surface area contributed by atoms with E-state index in [4.69, 9.17) is 9.72 Å². The second-order valence-corrected chi connectivity index (χ2v) is 7.44. The van der Waals surface area contributed by atoms with E-state index in [0.717, 1.165) is 46.0 Å². The Kier molecular flexibility index (Phi) is 5.25. The number of nitrogens with one attached hydrogen (secondary N) is 1. The Balaban J connectivity index is 1.44. The minimum absolute atomic E-state index is 0.0557. The molecular formula is C21H21N3O2S. The minimum atomic E-state index is -0.0557. The molecular weight excluding hydrogens is 358 g/mol. The summed E-state index contributed by atoms with van der Waals surface area (Å²) in [6.07, 6.45) is 2.31. The molecule has 1 aliphatic rings. The van der Waals surface area contributed by atoms with E-state index in [0.29, 0.717) is 18.3 Å². The summed E-state index contributed by atoms with van der Waals surface area (Å²) in [6, 6.07) is 15.4. The number of hydrogen-bond acceptors (Lipinski definition) is 5. The highest BCUT2D eigenvalue weighted by atomic mass is 32.2. The van der Waals surface area contributed by atoms with Gasteiger partial charge in [0.05, 0.1) is 17.9 Å². The van der Waals surface area contributed by atoms with Gasteiger partial charge in [-0.3, -0.25) is 4.79 Å². The van der Waals surface area contributed by atoms with Gasteiger partial charge in [0.2, 0.25) is 5.91 Å². The van der Waals surface area contributed by atoms with E-state index in [2.05, 4.69) is 10.3 Å². The summed E-state index contributed by atoms with van der Waals surface area (Å²) in [5.41, 5.74) is 1.71. The molecule has 1 heterocycles. The Hall–Kier alpha value is -2.60. The lowest BCUT2D eigenvalue weighted by Crippen LogP contribution is -2.14. The SMILES string of the molecule is CCOc1ccc(NC(=O)CSc2nc(C3CC3)nc3ccccc23)cc1. The van der Waals surface area contributed by atoms with Crippen LogP contribution in [0.3, 0.4) is 0 Å². The Morgan fingerprint density at radius 3 is 2.67 bits per heavy atom. The summed E-state index contributed by atoms with van der Waals surface area (Å²) < 4.78 is 5.42. The average Bonchev–Trinajstić information content (AvgIpc) is 3.53. The summed E-state index contributed by atoms with van der Waals surface area (Å²) in [5.74, 6) is 2.43. The summed E-state index contributed by atoms with van der Waals surface area (Å²) in [7, 11) is 0. The molecule has 0 saturated heterocycles. The summed E-state index contributed by atoms with van der Waals surface area (Å²) in [4.78, 5) is 21.8. The predicted octanol–water partition coefficient (Wildman–Crippen LogP) is 4.64. The Morgan fingerprint density at radius 2 is 1.93 bits per heavy atom. The summed E-state index contributed by atoms with van der Waals surface area (Å²) in [5, 5.41) is 4.80. The molecule has 1 fully saturated rings. The van der Waals surface area contributed by atoms with Crippen LogP contribution < -0.4 is 10.1 Å². The monoisotopic (exact) mass is 379 g/mol. The number of aromatic nitrogens is 2. The van der Waals surface area contributed by atoms with E-state index in [-0.39, 0.29) is 5.91 Å². The maximum absolute atomic E-state index is 12.4. The van der Waals surface area contributed by atoms with Gasteiger partial charge in [-0.25, -0.2) is 9.97 Å². The molecule has 1 saturated carbocycles. The van der Waals surface area contributed by atoms with Crippen molar-refractivity contribution in [2.24, 2.45) is 0 Å². The maximum Gasteiger partial charge on any atom is 0.234 e. The van der Waals surface area contributed by atoms with Crippen LogP contribution in [0.4, 0.5) is 5.69 Å². The van der Waals surface area contributed by atoms with Crippen molar-refractivity contribution >= 4 is 34.3 Å². The van der Waals surface area contributed by atoms with Gasteiger partial charge in [-0.15, -0.1) is 0 Å². The number of rotatable bonds is 7. The van der Waals surface area contributed by atoms with Crippen LogP contribution in [0.15, 0.2) is 53.6 Å². The van der Waals surface area contributed by atoms with Crippen LogP contribution in [0.2, 0.25) is 0 Å². The number of carbonyl (C=O) groups excluding carboxylic acids is 1. The molecule has 1 aromatic heterocycles. The van der Waals surface area contributed by atoms with Crippen molar-refractivity contribution in [1.29, 1.82) is 0 Å². The van der Waals surface area contributed by atoms with Gasteiger partial charge in [0.25, 0.3) is 0 Å². The van der Waals surface area contributed by atoms with E-state index in [1.807, 2.05) is 55.5 Å². The molecule has 4 rings (SSSR count). The van der Waals surface area contributed by atoms with Crippen LogP contribution in [-0.4, -0.2) is 28.2 Å². The van der Waals surface area contributed by atoms with Gasteiger partial charge >= 0.3 is 0 Å². The number of hydrogen-bond donors (Lipinski definition) is 1. The molecule has 3 aromatic rings. The third-order valence-corrected chi connectivity index (χ3v) is 5.31. The van der Waals surface area contributed by atoms with Gasteiger partial charge in [0, 0.05) is 17.0 Å². The predicted molar refractivity (Wildman–Crippen MR) is 108 cm³/mol. The van der Waals surface area contributed by atoms with Crippen LogP contribution in [0.5, 0.6) is 5.75 Å². The number of ether oxygens (including phenoxy) is 1. The number of carbonyl (C=O) groups is 1. The number of thioether (sulfide) groups is 1. The molecule has 1 amide bonds. The van der Waals surface area contributed by atoms with Crippen molar-refractivity contribution in [3.8, 4) is 5.75 Å². The molecule has 0 atom stereocenters. The van der Waals surface area contributed by atoms with Crippen LogP contribution in [0.25, 0.3) is 10.9 Å². The second-order valence-electron chi connectivity index (χ2n) is 6.47. The zero-order valence-corrected chi connectivity index (χ0v) is 16.0. The first-order valence-electron chi connectivity index (χ1n) is 9.15. The zero-order valence-electron chi connectivity index (χ0n) is 15.1. The largest absolute Gasteiger partial charge is 0.494 e. The Morgan fingerprint density at radius 1 is 1.15 bits per heavy atom. The third kappa shape index (κ3) is 4.39. The summed E-state index contributed by atoms with van der Waals surface area (Å²) in [6.45, 7) is 2.57. The van der Waals surface area contributed by atoms with Crippen molar-refractivity contribution in [3.05, 3.63) is 54.4 Å². The van der Waals surface area contributed by atoms with Gasteiger partial charge in [-0.2, -0.15) is 0 Å². The highest BCUT2D eigenvalue weighted by Gasteiger charge is 2.27. The van der Waals surface area contributed by atoms with Crippen LogP contribution in [0, 0.1) is 0 Å². The second kappa shape index (κ2) is 7.96. The Labute approximate surface area is 162 Å². The number of fused-ring (bicyclic) bond motifs is 1. The maximum atomic E-state index is 12.4. The standard InChI is InChI=1S/C21H21N3O2S/c1-2-26-16-11-9-15(10-12-16)22-19(25)13-27-21-17-5-3-4-6-18(17)23-20(24-21)14-7-8-14/h3-6,9-12,14H,2,7-8,13H2,1H3,(H,22,25). The van der Waals surface area contributed by atoms with Crippen molar-refractivity contribution in [2.45, 2.75) is 30.7 Å². The molecule has 0 unspecified atom stereocenters. The molecule has 1 aliphatic carbocycles. The van der Waals surface area contributed by atoms with E-state index in [9.17, 15) is 4.79 Å². The van der Waals surface area contributed by atoms with Crippen molar-refractivity contribution in [3.63, 3.8) is 0 Å². The highest BCUT2D eigenvalue weighted by molar-refractivity contribution is 8.00. The van der Waals surface area contributed by atoms with E-state index in [1.54, 1.807) is 0 Å². The fourth-order valence-corrected chi connectivity index (χ4v) is 3.66. The van der Waals surface area contributed by atoms with E-state index in [1.165, 1.54) is 11.8 Å².